The molecule has 0 saturated carbocycles. The van der Waals surface area contributed by atoms with Crippen LogP contribution in [0.25, 0.3) is 117 Å². The summed E-state index contributed by atoms with van der Waals surface area (Å²) in [5.74, 6) is 2.45. The van der Waals surface area contributed by atoms with E-state index in [0.29, 0.717) is 23.4 Å². The largest absolute Gasteiger partial charge is 0.435 e. The van der Waals surface area contributed by atoms with Gasteiger partial charge in [0.25, 0.3) is 0 Å². The van der Waals surface area contributed by atoms with Gasteiger partial charge in [0.2, 0.25) is 5.89 Å². The van der Waals surface area contributed by atoms with Crippen LogP contribution in [0, 0.1) is 0 Å². The monoisotopic (exact) mass is 767 g/mol. The molecule has 0 aliphatic heterocycles. The first kappa shape index (κ1) is 33.9. The number of hydrogen-bond acceptors (Lipinski definition) is 5. The number of hydrogen-bond donors (Lipinski definition) is 0. The predicted octanol–water partition coefficient (Wildman–Crippen LogP) is 13.8. The molecule has 9 aromatic carbocycles. The second kappa shape index (κ2) is 13.7. The lowest BCUT2D eigenvalue weighted by Gasteiger charge is -2.11. The van der Waals surface area contributed by atoms with Gasteiger partial charge in [-0.1, -0.05) is 170 Å². The van der Waals surface area contributed by atoms with Gasteiger partial charge in [-0.25, -0.2) is 19.9 Å². The lowest BCUT2D eigenvalue weighted by atomic mass is 9.98. The normalized spacial score (nSPS) is 11.7. The van der Waals surface area contributed by atoms with E-state index in [2.05, 4.69) is 138 Å². The number of rotatable bonds is 6. The number of oxazole rings is 1. The molecule has 12 aromatic rings. The van der Waals surface area contributed by atoms with Crippen molar-refractivity contribution >= 4 is 54.5 Å². The zero-order valence-electron chi connectivity index (χ0n) is 32.2. The standard InChI is InChI=1S/C54H33N5O/c1-3-15-37(16-4-1)51-56-52(38-17-5-2-6-18-38)58-53(57-51)39-28-26-35(27-29-39)40-20-9-10-22-42(40)54-55-44-32-30-36-31-33-47-49(48(36)50(44)60-54)43-23-11-12-24-46(43)59(47)45-25-13-19-34-14-7-8-21-41(34)45/h1-33H. The topological polar surface area (TPSA) is 69.6 Å². The molecular formula is C54H33N5O. The maximum atomic E-state index is 6.93. The van der Waals surface area contributed by atoms with Gasteiger partial charge in [-0.3, -0.25) is 0 Å². The van der Waals surface area contributed by atoms with Crippen LogP contribution in [0.1, 0.15) is 0 Å². The minimum absolute atomic E-state index is 0.574. The molecule has 6 nitrogen and oxygen atoms in total. The van der Waals surface area contributed by atoms with Crippen molar-refractivity contribution in [3.63, 3.8) is 0 Å². The van der Waals surface area contributed by atoms with Gasteiger partial charge in [0.15, 0.2) is 23.1 Å². The zero-order valence-corrected chi connectivity index (χ0v) is 32.2. The smallest absolute Gasteiger partial charge is 0.227 e. The average Bonchev–Trinajstić information content (AvgIpc) is 3.92. The summed E-state index contributed by atoms with van der Waals surface area (Å²) in [7, 11) is 0. The van der Waals surface area contributed by atoms with E-state index in [9.17, 15) is 0 Å². The first-order valence-electron chi connectivity index (χ1n) is 20.1. The highest BCUT2D eigenvalue weighted by Gasteiger charge is 2.21. The summed E-state index contributed by atoms with van der Waals surface area (Å²) < 4.78 is 9.32. The van der Waals surface area contributed by atoms with Gasteiger partial charge in [-0.05, 0) is 52.2 Å². The predicted molar refractivity (Wildman–Crippen MR) is 244 cm³/mol. The van der Waals surface area contributed by atoms with Gasteiger partial charge in [-0.15, -0.1) is 0 Å². The fourth-order valence-electron chi connectivity index (χ4n) is 8.69. The average molecular weight is 768 g/mol. The van der Waals surface area contributed by atoms with Crippen molar-refractivity contribution in [2.24, 2.45) is 0 Å². The Kier molecular flexibility index (Phi) is 7.74. The molecule has 0 fully saturated rings. The first-order chi connectivity index (χ1) is 29.7. The number of nitrogens with zero attached hydrogens (tertiary/aromatic N) is 5. The maximum absolute atomic E-state index is 6.93. The SMILES string of the molecule is c1ccc(-c2nc(-c3ccccc3)nc(-c3ccc(-c4ccccc4-c4nc5ccc6ccc7c(c8ccccc8n7-c7cccc8ccccc78)c6c5o4)cc3)n2)cc1. The van der Waals surface area contributed by atoms with Crippen LogP contribution >= 0.6 is 0 Å². The van der Waals surface area contributed by atoms with E-state index in [1.807, 2.05) is 66.7 Å². The van der Waals surface area contributed by atoms with Gasteiger partial charge < -0.3 is 8.98 Å². The summed E-state index contributed by atoms with van der Waals surface area (Å²) in [5, 5.41) is 6.89. The van der Waals surface area contributed by atoms with Crippen LogP contribution in [0.4, 0.5) is 0 Å². The Bertz CT molecular complexity index is 3530. The van der Waals surface area contributed by atoms with Crippen LogP contribution in [-0.4, -0.2) is 24.5 Å². The third-order valence-electron chi connectivity index (χ3n) is 11.5. The molecule has 0 radical (unpaired) electrons. The molecule has 0 amide bonds. The molecule has 0 aliphatic rings. The molecule has 280 valence electrons. The van der Waals surface area contributed by atoms with Crippen molar-refractivity contribution in [1.82, 2.24) is 24.5 Å². The zero-order chi connectivity index (χ0) is 39.6. The van der Waals surface area contributed by atoms with Crippen molar-refractivity contribution in [1.29, 1.82) is 0 Å². The van der Waals surface area contributed by atoms with Gasteiger partial charge in [0, 0.05) is 43.8 Å². The maximum Gasteiger partial charge on any atom is 0.227 e. The molecule has 0 aliphatic carbocycles. The number of aromatic nitrogens is 5. The molecule has 0 N–H and O–H groups in total. The van der Waals surface area contributed by atoms with Crippen LogP contribution in [0.15, 0.2) is 205 Å². The van der Waals surface area contributed by atoms with E-state index in [1.54, 1.807) is 0 Å². The van der Waals surface area contributed by atoms with E-state index < -0.39 is 0 Å². The fourth-order valence-corrected chi connectivity index (χ4v) is 8.69. The molecule has 0 spiro atoms. The molecule has 3 aromatic heterocycles. The summed E-state index contributed by atoms with van der Waals surface area (Å²) in [4.78, 5) is 19.9. The molecule has 0 unspecified atom stereocenters. The summed E-state index contributed by atoms with van der Waals surface area (Å²) in [6.45, 7) is 0. The lowest BCUT2D eigenvalue weighted by molar-refractivity contribution is 0.623. The van der Waals surface area contributed by atoms with Crippen LogP contribution in [0.3, 0.4) is 0 Å². The molecule has 6 heteroatoms. The van der Waals surface area contributed by atoms with Crippen LogP contribution in [0.2, 0.25) is 0 Å². The molecule has 12 rings (SSSR count). The summed E-state index contributed by atoms with van der Waals surface area (Å²) in [6.07, 6.45) is 0. The summed E-state index contributed by atoms with van der Waals surface area (Å²) in [6, 6.07) is 69.2. The number of benzene rings is 9. The summed E-state index contributed by atoms with van der Waals surface area (Å²) >= 11 is 0. The van der Waals surface area contributed by atoms with Gasteiger partial charge in [0.1, 0.15) is 5.52 Å². The lowest BCUT2D eigenvalue weighted by Crippen LogP contribution is -2.00. The molecule has 0 bridgehead atoms. The van der Waals surface area contributed by atoms with Crippen molar-refractivity contribution < 1.29 is 4.42 Å². The van der Waals surface area contributed by atoms with Crippen LogP contribution < -0.4 is 0 Å². The third kappa shape index (κ3) is 5.50. The first-order valence-corrected chi connectivity index (χ1v) is 20.1. The van der Waals surface area contributed by atoms with Crippen molar-refractivity contribution in [3.05, 3.63) is 200 Å². The van der Waals surface area contributed by atoms with Gasteiger partial charge in [-0.2, -0.15) is 0 Å². The quantitative estimate of drug-likeness (QED) is 0.168. The Balaban J connectivity index is 0.984. The number of fused-ring (bicyclic) bond motifs is 8. The fraction of sp³-hybridized carbons (Fsp3) is 0. The Morgan fingerprint density at radius 3 is 1.65 bits per heavy atom. The van der Waals surface area contributed by atoms with Crippen molar-refractivity contribution in [3.8, 4) is 62.4 Å². The van der Waals surface area contributed by atoms with Crippen molar-refractivity contribution in [2.45, 2.75) is 0 Å². The Hall–Kier alpha value is -8.22. The minimum Gasteiger partial charge on any atom is -0.435 e. The van der Waals surface area contributed by atoms with Crippen LogP contribution in [-0.2, 0) is 0 Å². The molecule has 3 heterocycles. The van der Waals surface area contributed by atoms with E-state index in [4.69, 9.17) is 24.4 Å². The molecule has 0 atom stereocenters. The van der Waals surface area contributed by atoms with E-state index in [-0.39, 0.29) is 0 Å². The molecule has 0 saturated heterocycles. The number of para-hydroxylation sites is 1. The third-order valence-corrected chi connectivity index (χ3v) is 11.5. The second-order valence-electron chi connectivity index (χ2n) is 15.0. The summed E-state index contributed by atoms with van der Waals surface area (Å²) in [5.41, 5.74) is 10.7. The van der Waals surface area contributed by atoms with Gasteiger partial charge in [0.05, 0.1) is 16.7 Å². The van der Waals surface area contributed by atoms with E-state index in [1.165, 1.54) is 16.2 Å². The Labute approximate surface area is 344 Å². The highest BCUT2D eigenvalue weighted by molar-refractivity contribution is 6.27. The highest BCUT2D eigenvalue weighted by atomic mass is 16.3. The Morgan fingerprint density at radius 2 is 0.917 bits per heavy atom. The molecular weight excluding hydrogens is 735 g/mol. The Morgan fingerprint density at radius 1 is 0.350 bits per heavy atom. The van der Waals surface area contributed by atoms with Crippen LogP contribution in [0.5, 0.6) is 0 Å². The van der Waals surface area contributed by atoms with Gasteiger partial charge >= 0.3 is 0 Å². The van der Waals surface area contributed by atoms with Crippen molar-refractivity contribution in [2.75, 3.05) is 0 Å². The van der Waals surface area contributed by atoms with E-state index in [0.717, 1.165) is 77.4 Å². The highest BCUT2D eigenvalue weighted by Crippen LogP contribution is 2.43. The molecule has 60 heavy (non-hydrogen) atoms. The second-order valence-corrected chi connectivity index (χ2v) is 15.0. The van der Waals surface area contributed by atoms with E-state index >= 15 is 0 Å². The minimum atomic E-state index is 0.574.